The van der Waals surface area contributed by atoms with Crippen LogP contribution in [0, 0.1) is 11.7 Å². The van der Waals surface area contributed by atoms with Crippen LogP contribution in [0.3, 0.4) is 0 Å². The van der Waals surface area contributed by atoms with Crippen molar-refractivity contribution in [2.45, 2.75) is 44.6 Å². The van der Waals surface area contributed by atoms with Crippen LogP contribution in [0.2, 0.25) is 5.02 Å². The van der Waals surface area contributed by atoms with Gasteiger partial charge in [-0.25, -0.2) is 24.3 Å². The molecule has 8 nitrogen and oxygen atoms in total. The van der Waals surface area contributed by atoms with E-state index in [0.29, 0.717) is 34.4 Å². The number of nitrogens with one attached hydrogen (secondary N) is 2. The standard InChI is InChI=1S/C21H22ClFN6O2/c22-15-9-14(6-7-16(15)23)27-20-19-17(25-11-26-20)10-24-21(29-19)28-13-4-1-12(2-5-13)3-8-18(30)31/h6-7,9-13H,1-5,8H2,(H,30,31)(H,24,28,29)(H,25,26,27). The Morgan fingerprint density at radius 1 is 1.19 bits per heavy atom. The highest BCUT2D eigenvalue weighted by molar-refractivity contribution is 6.31. The van der Waals surface area contributed by atoms with Crippen molar-refractivity contribution in [1.82, 2.24) is 19.9 Å². The number of fused-ring (bicyclic) bond motifs is 1. The van der Waals surface area contributed by atoms with E-state index < -0.39 is 11.8 Å². The van der Waals surface area contributed by atoms with Gasteiger partial charge in [0.05, 0.1) is 11.2 Å². The first-order valence-electron chi connectivity index (χ1n) is 10.2. The van der Waals surface area contributed by atoms with E-state index in [-0.39, 0.29) is 17.5 Å². The van der Waals surface area contributed by atoms with E-state index in [4.69, 9.17) is 16.7 Å². The molecule has 0 radical (unpaired) electrons. The molecule has 0 atom stereocenters. The third-order valence-corrected chi connectivity index (χ3v) is 5.80. The normalized spacial score (nSPS) is 18.6. The second kappa shape index (κ2) is 9.38. The van der Waals surface area contributed by atoms with Crippen LogP contribution in [0.25, 0.3) is 11.0 Å². The fourth-order valence-corrected chi connectivity index (χ4v) is 4.01. The van der Waals surface area contributed by atoms with Gasteiger partial charge >= 0.3 is 5.97 Å². The molecule has 0 spiro atoms. The third kappa shape index (κ3) is 5.35. The fraction of sp³-hybridized carbons (Fsp3) is 0.381. The number of aromatic nitrogens is 4. The van der Waals surface area contributed by atoms with Gasteiger partial charge < -0.3 is 15.7 Å². The van der Waals surface area contributed by atoms with Gasteiger partial charge in [-0.15, -0.1) is 0 Å². The van der Waals surface area contributed by atoms with Crippen molar-refractivity contribution in [3.8, 4) is 0 Å². The number of anilines is 3. The molecule has 3 aromatic rings. The Morgan fingerprint density at radius 3 is 2.74 bits per heavy atom. The number of hydrogen-bond donors (Lipinski definition) is 3. The summed E-state index contributed by atoms with van der Waals surface area (Å²) in [5, 5.41) is 15.3. The smallest absolute Gasteiger partial charge is 0.303 e. The SMILES string of the molecule is O=C(O)CCC1CCC(Nc2ncc3ncnc(Nc4ccc(F)c(Cl)c4)c3n2)CC1. The maximum absolute atomic E-state index is 13.4. The van der Waals surface area contributed by atoms with Crippen LogP contribution in [0.5, 0.6) is 0 Å². The lowest BCUT2D eigenvalue weighted by Gasteiger charge is -2.28. The number of rotatable bonds is 7. The zero-order chi connectivity index (χ0) is 21.8. The zero-order valence-corrected chi connectivity index (χ0v) is 17.4. The minimum atomic E-state index is -0.737. The number of halogens is 2. The fourth-order valence-electron chi connectivity index (χ4n) is 3.83. The van der Waals surface area contributed by atoms with Crippen molar-refractivity contribution in [2.75, 3.05) is 10.6 Å². The molecule has 1 aliphatic carbocycles. The van der Waals surface area contributed by atoms with Gasteiger partial charge in [-0.1, -0.05) is 11.6 Å². The largest absolute Gasteiger partial charge is 0.481 e. The number of nitrogens with zero attached hydrogens (tertiary/aromatic N) is 4. The lowest BCUT2D eigenvalue weighted by Crippen LogP contribution is -2.27. The molecule has 1 saturated carbocycles. The molecule has 0 saturated heterocycles. The van der Waals surface area contributed by atoms with Crippen LogP contribution in [-0.2, 0) is 4.79 Å². The number of hydrogen-bond acceptors (Lipinski definition) is 7. The van der Waals surface area contributed by atoms with Crippen LogP contribution in [0.1, 0.15) is 38.5 Å². The van der Waals surface area contributed by atoms with Crippen LogP contribution < -0.4 is 10.6 Å². The number of aliphatic carboxylic acids is 1. The molecule has 31 heavy (non-hydrogen) atoms. The highest BCUT2D eigenvalue weighted by atomic mass is 35.5. The Kier molecular flexibility index (Phi) is 6.41. The van der Waals surface area contributed by atoms with Gasteiger partial charge in [0, 0.05) is 18.2 Å². The predicted molar refractivity (Wildman–Crippen MR) is 116 cm³/mol. The van der Waals surface area contributed by atoms with Crippen molar-refractivity contribution in [3.63, 3.8) is 0 Å². The molecule has 3 N–H and O–H groups in total. The molecule has 10 heteroatoms. The van der Waals surface area contributed by atoms with Crippen molar-refractivity contribution < 1.29 is 14.3 Å². The molecule has 4 rings (SSSR count). The topological polar surface area (TPSA) is 113 Å². The Hall–Kier alpha value is -3.07. The summed E-state index contributed by atoms with van der Waals surface area (Å²) in [5.41, 5.74) is 1.70. The molecular weight excluding hydrogens is 423 g/mol. The van der Waals surface area contributed by atoms with E-state index >= 15 is 0 Å². The number of carboxylic acid groups (broad SMARTS) is 1. The molecule has 2 heterocycles. The van der Waals surface area contributed by atoms with Crippen LogP contribution in [0.15, 0.2) is 30.7 Å². The van der Waals surface area contributed by atoms with Gasteiger partial charge in [-0.3, -0.25) is 4.79 Å². The summed E-state index contributed by atoms with van der Waals surface area (Å²) in [5.74, 6) is 0.177. The van der Waals surface area contributed by atoms with E-state index in [9.17, 15) is 9.18 Å². The first-order valence-corrected chi connectivity index (χ1v) is 10.5. The second-order valence-electron chi connectivity index (χ2n) is 7.70. The first kappa shape index (κ1) is 21.2. The van der Waals surface area contributed by atoms with Gasteiger partial charge in [0.15, 0.2) is 5.82 Å². The number of carboxylic acids is 1. The average Bonchev–Trinajstić information content (AvgIpc) is 2.76. The minimum absolute atomic E-state index is 0.0132. The Labute approximate surface area is 183 Å². The zero-order valence-electron chi connectivity index (χ0n) is 16.7. The Bertz CT molecular complexity index is 1090. The molecule has 2 aromatic heterocycles. The average molecular weight is 445 g/mol. The first-order chi connectivity index (χ1) is 15.0. The maximum atomic E-state index is 13.4. The summed E-state index contributed by atoms with van der Waals surface area (Å²) in [6.45, 7) is 0. The second-order valence-corrected chi connectivity index (χ2v) is 8.11. The van der Waals surface area contributed by atoms with Gasteiger partial charge in [0.1, 0.15) is 23.2 Å². The van der Waals surface area contributed by atoms with Crippen LogP contribution in [0.4, 0.5) is 21.8 Å². The minimum Gasteiger partial charge on any atom is -0.481 e. The van der Waals surface area contributed by atoms with E-state index in [1.54, 1.807) is 12.3 Å². The lowest BCUT2D eigenvalue weighted by atomic mass is 9.83. The maximum Gasteiger partial charge on any atom is 0.303 e. The predicted octanol–water partition coefficient (Wildman–Crippen LogP) is 4.79. The van der Waals surface area contributed by atoms with Gasteiger partial charge in [0.2, 0.25) is 5.95 Å². The Balaban J connectivity index is 1.46. The molecular formula is C21H22ClFN6O2. The van der Waals surface area contributed by atoms with Crippen molar-refractivity contribution in [3.05, 3.63) is 41.6 Å². The summed E-state index contributed by atoms with van der Waals surface area (Å²) in [7, 11) is 0. The Morgan fingerprint density at radius 2 is 2.00 bits per heavy atom. The molecule has 162 valence electrons. The van der Waals surface area contributed by atoms with Crippen LogP contribution in [-0.4, -0.2) is 37.1 Å². The molecule has 1 aromatic carbocycles. The van der Waals surface area contributed by atoms with Crippen molar-refractivity contribution >= 4 is 46.1 Å². The summed E-state index contributed by atoms with van der Waals surface area (Å²) >= 11 is 5.86. The molecule has 0 amide bonds. The van der Waals surface area contributed by atoms with E-state index in [2.05, 4.69) is 30.6 Å². The quantitative estimate of drug-likeness (QED) is 0.476. The summed E-state index contributed by atoms with van der Waals surface area (Å²) in [4.78, 5) is 28.2. The number of carbonyl (C=O) groups is 1. The summed E-state index contributed by atoms with van der Waals surface area (Å²) < 4.78 is 13.4. The van der Waals surface area contributed by atoms with Crippen LogP contribution >= 0.6 is 11.6 Å². The molecule has 0 bridgehead atoms. The lowest BCUT2D eigenvalue weighted by molar-refractivity contribution is -0.137. The van der Waals surface area contributed by atoms with E-state index in [0.717, 1.165) is 32.1 Å². The van der Waals surface area contributed by atoms with Gasteiger partial charge in [0.25, 0.3) is 0 Å². The molecule has 1 fully saturated rings. The molecule has 0 aliphatic heterocycles. The summed E-state index contributed by atoms with van der Waals surface area (Å²) in [6, 6.07) is 4.56. The number of benzene rings is 1. The molecule has 1 aliphatic rings. The van der Waals surface area contributed by atoms with Gasteiger partial charge in [-0.05, 0) is 56.2 Å². The highest BCUT2D eigenvalue weighted by Crippen LogP contribution is 2.30. The van der Waals surface area contributed by atoms with E-state index in [1.165, 1.54) is 18.5 Å². The van der Waals surface area contributed by atoms with Gasteiger partial charge in [-0.2, -0.15) is 0 Å². The van der Waals surface area contributed by atoms with Crippen molar-refractivity contribution in [2.24, 2.45) is 5.92 Å². The monoisotopic (exact) mass is 444 g/mol. The van der Waals surface area contributed by atoms with E-state index in [1.807, 2.05) is 0 Å². The third-order valence-electron chi connectivity index (χ3n) is 5.51. The highest BCUT2D eigenvalue weighted by Gasteiger charge is 2.22. The van der Waals surface area contributed by atoms with Crippen molar-refractivity contribution in [1.29, 1.82) is 0 Å². The summed E-state index contributed by atoms with van der Waals surface area (Å²) in [6.07, 6.45) is 7.85. The molecule has 0 unspecified atom stereocenters.